The fraction of sp³-hybridized carbons (Fsp3) is 0.571. The van der Waals surface area contributed by atoms with Gasteiger partial charge in [0.25, 0.3) is 0 Å². The van der Waals surface area contributed by atoms with E-state index in [2.05, 4.69) is 11.3 Å². The molecule has 0 unspecified atom stereocenters. The Morgan fingerprint density at radius 2 is 2.50 bits per heavy atom. The number of hydrogen-bond acceptors (Lipinski definition) is 3. The van der Waals surface area contributed by atoms with E-state index in [1.54, 1.807) is 6.08 Å². The zero-order valence-electron chi connectivity index (χ0n) is 6.04. The minimum absolute atomic E-state index is 0.299. The zero-order chi connectivity index (χ0) is 7.98. The molecule has 0 aromatic heterocycles. The predicted octanol–water partition coefficient (Wildman–Crippen LogP) is 0.486. The molecule has 0 radical (unpaired) electrons. The highest BCUT2D eigenvalue weighted by atomic mass is 16.5. The molecule has 3 heteroatoms. The molecule has 0 aliphatic carbocycles. The summed E-state index contributed by atoms with van der Waals surface area (Å²) in [4.78, 5) is 10.5. The fourth-order valence-corrected chi connectivity index (χ4v) is 0.363. The van der Waals surface area contributed by atoms with Gasteiger partial charge in [-0.2, -0.15) is 0 Å². The van der Waals surface area contributed by atoms with E-state index in [9.17, 15) is 4.79 Å². The molecule has 10 heavy (non-hydrogen) atoms. The number of rotatable bonds is 4. The Balaban J connectivity index is 3.30. The van der Waals surface area contributed by atoms with Gasteiger partial charge < -0.3 is 9.84 Å². The second-order valence-electron chi connectivity index (χ2n) is 1.92. The predicted molar refractivity (Wildman–Crippen MR) is 37.5 cm³/mol. The standard InChI is InChI=1S/C7H12O3/c1-3-4-5-10-7(9)6(2)8/h3,6,8H,1,4-5H2,2H3/t6-/m1/s1. The monoisotopic (exact) mass is 144 g/mol. The molecule has 1 atom stereocenters. The van der Waals surface area contributed by atoms with Crippen LogP contribution in [0.3, 0.4) is 0 Å². The first-order valence-corrected chi connectivity index (χ1v) is 3.14. The Morgan fingerprint density at radius 1 is 1.90 bits per heavy atom. The minimum atomic E-state index is -1.02. The van der Waals surface area contributed by atoms with Crippen LogP contribution >= 0.6 is 0 Å². The van der Waals surface area contributed by atoms with Crippen molar-refractivity contribution in [1.82, 2.24) is 0 Å². The molecule has 0 fully saturated rings. The number of ether oxygens (including phenoxy) is 1. The molecule has 58 valence electrons. The van der Waals surface area contributed by atoms with Gasteiger partial charge in [0.1, 0.15) is 6.10 Å². The molecular weight excluding hydrogens is 132 g/mol. The molecule has 0 rings (SSSR count). The van der Waals surface area contributed by atoms with E-state index >= 15 is 0 Å². The third-order valence-corrected chi connectivity index (χ3v) is 0.907. The largest absolute Gasteiger partial charge is 0.463 e. The quantitative estimate of drug-likeness (QED) is 0.355. The Kier molecular flexibility index (Phi) is 4.58. The van der Waals surface area contributed by atoms with Gasteiger partial charge in [-0.25, -0.2) is 4.79 Å². The summed E-state index contributed by atoms with van der Waals surface area (Å²) in [5.41, 5.74) is 0. The third-order valence-electron chi connectivity index (χ3n) is 0.907. The van der Waals surface area contributed by atoms with E-state index in [0.717, 1.165) is 0 Å². The number of carbonyl (C=O) groups is 1. The normalized spacial score (nSPS) is 12.2. The maximum absolute atomic E-state index is 10.5. The number of aliphatic hydroxyl groups excluding tert-OH is 1. The van der Waals surface area contributed by atoms with E-state index in [4.69, 9.17) is 5.11 Å². The van der Waals surface area contributed by atoms with Crippen LogP contribution in [0.25, 0.3) is 0 Å². The highest BCUT2D eigenvalue weighted by molar-refractivity contribution is 5.73. The topological polar surface area (TPSA) is 46.5 Å². The summed E-state index contributed by atoms with van der Waals surface area (Å²) < 4.78 is 4.58. The van der Waals surface area contributed by atoms with Crippen molar-refractivity contribution in [3.05, 3.63) is 12.7 Å². The lowest BCUT2D eigenvalue weighted by Crippen LogP contribution is -2.19. The molecule has 0 heterocycles. The van der Waals surface area contributed by atoms with E-state index in [0.29, 0.717) is 13.0 Å². The van der Waals surface area contributed by atoms with Crippen LogP contribution in [0.1, 0.15) is 13.3 Å². The molecule has 0 amide bonds. The van der Waals surface area contributed by atoms with Crippen molar-refractivity contribution in [2.24, 2.45) is 0 Å². The summed E-state index contributed by atoms with van der Waals surface area (Å²) in [5, 5.41) is 8.62. The Hall–Kier alpha value is -0.830. The van der Waals surface area contributed by atoms with Gasteiger partial charge >= 0.3 is 5.97 Å². The van der Waals surface area contributed by atoms with Gasteiger partial charge in [0.05, 0.1) is 6.61 Å². The van der Waals surface area contributed by atoms with E-state index in [1.165, 1.54) is 6.92 Å². The number of aliphatic hydroxyl groups is 1. The third kappa shape index (κ3) is 4.09. The average Bonchev–Trinajstić information content (AvgIpc) is 1.88. The maximum Gasteiger partial charge on any atom is 0.334 e. The zero-order valence-corrected chi connectivity index (χ0v) is 6.04. The van der Waals surface area contributed by atoms with Crippen LogP contribution in [0.15, 0.2) is 12.7 Å². The lowest BCUT2D eigenvalue weighted by Gasteiger charge is -2.03. The Bertz CT molecular complexity index is 118. The van der Waals surface area contributed by atoms with Crippen molar-refractivity contribution in [3.63, 3.8) is 0 Å². The summed E-state index contributed by atoms with van der Waals surface area (Å²) in [6.07, 6.45) is 1.25. The second kappa shape index (κ2) is 4.99. The van der Waals surface area contributed by atoms with E-state index in [1.807, 2.05) is 0 Å². The van der Waals surface area contributed by atoms with Gasteiger partial charge in [-0.05, 0) is 13.3 Å². The van der Waals surface area contributed by atoms with Crippen molar-refractivity contribution in [2.75, 3.05) is 6.61 Å². The molecule has 0 bridgehead atoms. The number of esters is 1. The van der Waals surface area contributed by atoms with Crippen LogP contribution < -0.4 is 0 Å². The lowest BCUT2D eigenvalue weighted by atomic mass is 10.4. The number of hydrogen-bond donors (Lipinski definition) is 1. The van der Waals surface area contributed by atoms with Gasteiger partial charge in [-0.3, -0.25) is 0 Å². The molecule has 0 spiro atoms. The lowest BCUT2D eigenvalue weighted by molar-refractivity contribution is -0.152. The molecule has 1 N–H and O–H groups in total. The van der Waals surface area contributed by atoms with Crippen molar-refractivity contribution in [1.29, 1.82) is 0 Å². The molecule has 0 aromatic rings. The Morgan fingerprint density at radius 3 is 2.90 bits per heavy atom. The summed E-state index contributed by atoms with van der Waals surface area (Å²) in [7, 11) is 0. The van der Waals surface area contributed by atoms with E-state index < -0.39 is 12.1 Å². The fourth-order valence-electron chi connectivity index (χ4n) is 0.363. The van der Waals surface area contributed by atoms with Crippen LogP contribution in [0.4, 0.5) is 0 Å². The maximum atomic E-state index is 10.5. The van der Waals surface area contributed by atoms with Crippen LogP contribution in [0.2, 0.25) is 0 Å². The molecular formula is C7H12O3. The van der Waals surface area contributed by atoms with Crippen LogP contribution in [-0.4, -0.2) is 23.8 Å². The van der Waals surface area contributed by atoms with Gasteiger partial charge in [-0.15, -0.1) is 6.58 Å². The van der Waals surface area contributed by atoms with Crippen LogP contribution in [-0.2, 0) is 9.53 Å². The smallest absolute Gasteiger partial charge is 0.334 e. The first-order valence-electron chi connectivity index (χ1n) is 3.14. The molecule has 0 saturated carbocycles. The van der Waals surface area contributed by atoms with Crippen molar-refractivity contribution in [2.45, 2.75) is 19.4 Å². The summed E-state index contributed by atoms with van der Waals surface area (Å²) >= 11 is 0. The molecule has 0 saturated heterocycles. The molecule has 0 aliphatic rings. The second-order valence-corrected chi connectivity index (χ2v) is 1.92. The first kappa shape index (κ1) is 9.17. The van der Waals surface area contributed by atoms with Crippen molar-refractivity contribution < 1.29 is 14.6 Å². The summed E-state index contributed by atoms with van der Waals surface area (Å²) in [5.74, 6) is -0.582. The highest BCUT2D eigenvalue weighted by Gasteiger charge is 2.08. The molecule has 0 aliphatic heterocycles. The first-order chi connectivity index (χ1) is 4.68. The highest BCUT2D eigenvalue weighted by Crippen LogP contribution is 1.88. The minimum Gasteiger partial charge on any atom is -0.463 e. The van der Waals surface area contributed by atoms with Crippen LogP contribution in [0.5, 0.6) is 0 Å². The van der Waals surface area contributed by atoms with Crippen molar-refractivity contribution >= 4 is 5.97 Å². The van der Waals surface area contributed by atoms with Crippen molar-refractivity contribution in [3.8, 4) is 0 Å². The van der Waals surface area contributed by atoms with Gasteiger partial charge in [-0.1, -0.05) is 6.08 Å². The molecule has 0 aromatic carbocycles. The van der Waals surface area contributed by atoms with E-state index in [-0.39, 0.29) is 0 Å². The summed E-state index contributed by atoms with van der Waals surface area (Å²) in [6.45, 7) is 5.12. The van der Waals surface area contributed by atoms with Gasteiger partial charge in [0, 0.05) is 0 Å². The molecule has 3 nitrogen and oxygen atoms in total. The average molecular weight is 144 g/mol. The van der Waals surface area contributed by atoms with Gasteiger partial charge in [0.2, 0.25) is 0 Å². The Labute approximate surface area is 60.3 Å². The summed E-state index contributed by atoms with van der Waals surface area (Å²) in [6, 6.07) is 0. The SMILES string of the molecule is C=CCCOC(=O)[C@@H](C)O. The number of carbonyl (C=O) groups excluding carboxylic acids is 1. The van der Waals surface area contributed by atoms with Gasteiger partial charge in [0.15, 0.2) is 0 Å². The van der Waals surface area contributed by atoms with Crippen LogP contribution in [0, 0.1) is 0 Å².